The lowest BCUT2D eigenvalue weighted by Crippen LogP contribution is -2.64. The number of para-hydroxylation sites is 4. The van der Waals surface area contributed by atoms with Crippen molar-refractivity contribution in [3.8, 4) is 11.5 Å². The SMILES string of the molecule is CS(=O)(=O)N[C@H]1CNCC(N2c3ccccc3Oc3ccccc32)[C@@H]1O. The zero-order valence-electron chi connectivity index (χ0n) is 14.3. The van der Waals surface area contributed by atoms with Crippen LogP contribution in [0.15, 0.2) is 48.5 Å². The number of nitrogens with zero attached hydrogens (tertiary/aromatic N) is 1. The molecule has 3 atom stereocenters. The van der Waals surface area contributed by atoms with Crippen LogP contribution in [0.1, 0.15) is 0 Å². The minimum atomic E-state index is -3.43. The Kier molecular flexibility index (Phi) is 4.36. The first-order valence-electron chi connectivity index (χ1n) is 8.45. The van der Waals surface area contributed by atoms with Crippen LogP contribution < -0.4 is 19.7 Å². The number of ether oxygens (including phenoxy) is 1. The van der Waals surface area contributed by atoms with Crippen molar-refractivity contribution < 1.29 is 18.3 Å². The maximum atomic E-state index is 11.6. The summed E-state index contributed by atoms with van der Waals surface area (Å²) in [6.45, 7) is 0.893. The molecule has 0 bridgehead atoms. The van der Waals surface area contributed by atoms with Crippen LogP contribution in [-0.2, 0) is 10.0 Å². The highest BCUT2D eigenvalue weighted by Crippen LogP contribution is 2.47. The molecule has 0 radical (unpaired) electrons. The number of aliphatic hydroxyl groups excluding tert-OH is 1. The Labute approximate surface area is 152 Å². The van der Waals surface area contributed by atoms with Crippen molar-refractivity contribution >= 4 is 21.4 Å². The van der Waals surface area contributed by atoms with E-state index in [1.54, 1.807) is 0 Å². The first-order chi connectivity index (χ1) is 12.4. The number of sulfonamides is 1. The molecular weight excluding hydrogens is 354 g/mol. The predicted molar refractivity (Wildman–Crippen MR) is 99.5 cm³/mol. The number of hydrogen-bond donors (Lipinski definition) is 3. The molecule has 2 aliphatic heterocycles. The molecule has 0 aromatic heterocycles. The van der Waals surface area contributed by atoms with Crippen LogP contribution in [0.2, 0.25) is 0 Å². The van der Waals surface area contributed by atoms with Crippen LogP contribution in [0.3, 0.4) is 0 Å². The van der Waals surface area contributed by atoms with Crippen molar-refractivity contribution in [3.63, 3.8) is 0 Å². The Balaban J connectivity index is 1.75. The minimum absolute atomic E-state index is 0.353. The highest BCUT2D eigenvalue weighted by Gasteiger charge is 2.40. The van der Waals surface area contributed by atoms with Gasteiger partial charge < -0.3 is 20.1 Å². The minimum Gasteiger partial charge on any atom is -0.453 e. The van der Waals surface area contributed by atoms with Crippen LogP contribution in [0.4, 0.5) is 11.4 Å². The first kappa shape index (κ1) is 17.3. The van der Waals surface area contributed by atoms with E-state index in [2.05, 4.69) is 10.0 Å². The van der Waals surface area contributed by atoms with Gasteiger partial charge in [-0.05, 0) is 24.3 Å². The van der Waals surface area contributed by atoms with E-state index in [0.717, 1.165) is 17.6 Å². The molecule has 0 saturated carbocycles. The summed E-state index contributed by atoms with van der Waals surface area (Å²) in [4.78, 5) is 2.03. The van der Waals surface area contributed by atoms with Gasteiger partial charge in [0.05, 0.1) is 35.8 Å². The van der Waals surface area contributed by atoms with E-state index < -0.39 is 22.2 Å². The lowest BCUT2D eigenvalue weighted by Gasteiger charge is -2.44. The van der Waals surface area contributed by atoms with Gasteiger partial charge in [0.2, 0.25) is 10.0 Å². The van der Waals surface area contributed by atoms with Crippen LogP contribution in [0.5, 0.6) is 11.5 Å². The molecule has 2 aromatic carbocycles. The quantitative estimate of drug-likeness (QED) is 0.746. The van der Waals surface area contributed by atoms with E-state index in [1.165, 1.54) is 0 Å². The fourth-order valence-electron chi connectivity index (χ4n) is 3.62. The number of anilines is 2. The third-order valence-electron chi connectivity index (χ3n) is 4.69. The Bertz CT molecular complexity index is 873. The summed E-state index contributed by atoms with van der Waals surface area (Å²) >= 11 is 0. The van der Waals surface area contributed by atoms with E-state index >= 15 is 0 Å². The second kappa shape index (κ2) is 6.55. The van der Waals surface area contributed by atoms with Crippen molar-refractivity contribution in [2.24, 2.45) is 0 Å². The summed E-state index contributed by atoms with van der Waals surface area (Å²) in [6.07, 6.45) is 0.216. The molecule has 1 fully saturated rings. The smallest absolute Gasteiger partial charge is 0.209 e. The molecule has 3 N–H and O–H groups in total. The molecule has 2 aliphatic rings. The van der Waals surface area contributed by atoms with Gasteiger partial charge >= 0.3 is 0 Å². The zero-order chi connectivity index (χ0) is 18.3. The van der Waals surface area contributed by atoms with Crippen LogP contribution in [0.25, 0.3) is 0 Å². The average Bonchev–Trinajstić information content (AvgIpc) is 2.61. The van der Waals surface area contributed by atoms with Crippen LogP contribution in [-0.4, -0.2) is 51.1 Å². The van der Waals surface area contributed by atoms with E-state index in [-0.39, 0.29) is 6.04 Å². The predicted octanol–water partition coefficient (Wildman–Crippen LogP) is 1.18. The second-order valence-corrected chi connectivity index (χ2v) is 8.40. The van der Waals surface area contributed by atoms with Gasteiger partial charge in [-0.15, -0.1) is 0 Å². The van der Waals surface area contributed by atoms with Gasteiger partial charge in [-0.3, -0.25) is 0 Å². The number of hydrogen-bond acceptors (Lipinski definition) is 6. The van der Waals surface area contributed by atoms with Crippen LogP contribution in [0, 0.1) is 0 Å². The van der Waals surface area contributed by atoms with Crippen molar-refractivity contribution in [2.75, 3.05) is 24.2 Å². The van der Waals surface area contributed by atoms with Crippen LogP contribution >= 0.6 is 0 Å². The molecule has 138 valence electrons. The second-order valence-electron chi connectivity index (χ2n) is 6.62. The third kappa shape index (κ3) is 3.16. The molecule has 8 heteroatoms. The number of rotatable bonds is 3. The summed E-state index contributed by atoms with van der Waals surface area (Å²) in [6, 6.07) is 14.3. The summed E-state index contributed by atoms with van der Waals surface area (Å²) in [5.74, 6) is 1.41. The largest absolute Gasteiger partial charge is 0.453 e. The van der Waals surface area contributed by atoms with Gasteiger partial charge in [0.25, 0.3) is 0 Å². The highest BCUT2D eigenvalue weighted by molar-refractivity contribution is 7.88. The molecule has 2 heterocycles. The third-order valence-corrected chi connectivity index (χ3v) is 5.42. The van der Waals surface area contributed by atoms with Crippen molar-refractivity contribution in [1.29, 1.82) is 0 Å². The summed E-state index contributed by atoms with van der Waals surface area (Å²) in [7, 11) is -3.43. The number of benzene rings is 2. The molecule has 2 aromatic rings. The van der Waals surface area contributed by atoms with Gasteiger partial charge in [-0.2, -0.15) is 0 Å². The maximum Gasteiger partial charge on any atom is 0.209 e. The summed E-state index contributed by atoms with van der Waals surface area (Å²) < 4.78 is 31.8. The normalized spacial score (nSPS) is 25.2. The lowest BCUT2D eigenvalue weighted by molar-refractivity contribution is 0.0892. The molecule has 0 spiro atoms. The molecule has 4 rings (SSSR count). The molecule has 0 aliphatic carbocycles. The fourth-order valence-corrected chi connectivity index (χ4v) is 4.39. The molecule has 26 heavy (non-hydrogen) atoms. The Hall–Kier alpha value is -2.13. The molecule has 1 unspecified atom stereocenters. The van der Waals surface area contributed by atoms with E-state index in [9.17, 15) is 13.5 Å². The number of fused-ring (bicyclic) bond motifs is 2. The number of aliphatic hydroxyl groups is 1. The van der Waals surface area contributed by atoms with E-state index in [0.29, 0.717) is 24.6 Å². The summed E-state index contributed by atoms with van der Waals surface area (Å²) in [5.41, 5.74) is 1.69. The van der Waals surface area contributed by atoms with Gasteiger partial charge in [0.15, 0.2) is 11.5 Å². The fraction of sp³-hybridized carbons (Fsp3) is 0.333. The van der Waals surface area contributed by atoms with Gasteiger partial charge in [0.1, 0.15) is 0 Å². The number of nitrogens with one attached hydrogen (secondary N) is 2. The van der Waals surface area contributed by atoms with E-state index in [1.807, 2.05) is 53.4 Å². The Morgan fingerprint density at radius 2 is 1.65 bits per heavy atom. The molecular formula is C18H21N3O4S. The van der Waals surface area contributed by atoms with Crippen molar-refractivity contribution in [2.45, 2.75) is 18.2 Å². The van der Waals surface area contributed by atoms with Crippen molar-refractivity contribution in [1.82, 2.24) is 10.0 Å². The van der Waals surface area contributed by atoms with Gasteiger partial charge in [-0.1, -0.05) is 24.3 Å². The first-order valence-corrected chi connectivity index (χ1v) is 10.3. The number of piperidine rings is 1. The van der Waals surface area contributed by atoms with Gasteiger partial charge in [0, 0.05) is 13.1 Å². The van der Waals surface area contributed by atoms with Gasteiger partial charge in [-0.25, -0.2) is 13.1 Å². The Morgan fingerprint density at radius 3 is 2.23 bits per heavy atom. The summed E-state index contributed by atoms with van der Waals surface area (Å²) in [5, 5.41) is 14.2. The zero-order valence-corrected chi connectivity index (χ0v) is 15.1. The molecule has 7 nitrogen and oxygen atoms in total. The standard InChI is InChI=1S/C18H21N3O4S/c1-26(23,24)20-12-10-19-11-15(18(12)22)21-13-6-2-4-8-16(13)25-17-9-5-3-7-14(17)21/h2-9,12,15,18-20,22H,10-11H2,1H3/t12-,15?,18+/m0/s1. The molecule has 0 amide bonds. The maximum absolute atomic E-state index is 11.6. The van der Waals surface area contributed by atoms with Crippen molar-refractivity contribution in [3.05, 3.63) is 48.5 Å². The molecule has 1 saturated heterocycles. The Morgan fingerprint density at radius 1 is 1.08 bits per heavy atom. The monoisotopic (exact) mass is 375 g/mol. The average molecular weight is 375 g/mol. The topological polar surface area (TPSA) is 90.9 Å². The highest BCUT2D eigenvalue weighted by atomic mass is 32.2. The lowest BCUT2D eigenvalue weighted by atomic mass is 9.96. The van der Waals surface area contributed by atoms with E-state index in [4.69, 9.17) is 4.74 Å².